The van der Waals surface area contributed by atoms with E-state index in [9.17, 15) is 4.39 Å². The van der Waals surface area contributed by atoms with Gasteiger partial charge in [0.2, 0.25) is 0 Å². The van der Waals surface area contributed by atoms with Gasteiger partial charge < -0.3 is 15.4 Å². The molecular formula is C20H27FIN3O. The van der Waals surface area contributed by atoms with Crippen LogP contribution in [0.25, 0.3) is 0 Å². The molecule has 142 valence electrons. The summed E-state index contributed by atoms with van der Waals surface area (Å²) in [5.41, 5.74) is 2.68. The van der Waals surface area contributed by atoms with Gasteiger partial charge in [-0.3, -0.25) is 4.99 Å². The van der Waals surface area contributed by atoms with E-state index in [0.717, 1.165) is 16.9 Å². The third kappa shape index (κ3) is 6.16. The molecule has 0 heterocycles. The molecule has 0 saturated heterocycles. The summed E-state index contributed by atoms with van der Waals surface area (Å²) in [7, 11) is 3.40. The summed E-state index contributed by atoms with van der Waals surface area (Å²) in [5, 5.41) is 6.51. The van der Waals surface area contributed by atoms with Gasteiger partial charge in [-0.2, -0.15) is 0 Å². The lowest BCUT2D eigenvalue weighted by atomic mass is 10.0. The second-order valence-corrected chi connectivity index (χ2v) is 6.03. The Hall–Kier alpha value is -1.83. The molecule has 2 N–H and O–H groups in total. The van der Waals surface area contributed by atoms with Gasteiger partial charge in [0.25, 0.3) is 0 Å². The van der Waals surface area contributed by atoms with Gasteiger partial charge in [-0.1, -0.05) is 37.3 Å². The van der Waals surface area contributed by atoms with E-state index in [1.165, 1.54) is 0 Å². The predicted octanol–water partition coefficient (Wildman–Crippen LogP) is 4.23. The van der Waals surface area contributed by atoms with Gasteiger partial charge in [0.05, 0.1) is 7.11 Å². The highest BCUT2D eigenvalue weighted by Gasteiger charge is 2.11. The molecule has 0 bridgehead atoms. The van der Waals surface area contributed by atoms with E-state index < -0.39 is 0 Å². The van der Waals surface area contributed by atoms with Gasteiger partial charge in [0.15, 0.2) is 5.96 Å². The smallest absolute Gasteiger partial charge is 0.191 e. The van der Waals surface area contributed by atoms with E-state index >= 15 is 0 Å². The molecule has 1 unspecified atom stereocenters. The Morgan fingerprint density at radius 1 is 1.19 bits per heavy atom. The van der Waals surface area contributed by atoms with Gasteiger partial charge in [-0.15, -0.1) is 24.0 Å². The Bertz CT molecular complexity index is 737. The van der Waals surface area contributed by atoms with E-state index in [1.807, 2.05) is 24.3 Å². The van der Waals surface area contributed by atoms with Crippen molar-refractivity contribution in [3.05, 3.63) is 65.0 Å². The first-order chi connectivity index (χ1) is 12.0. The number of rotatable bonds is 6. The van der Waals surface area contributed by atoms with E-state index in [2.05, 4.69) is 28.6 Å². The Morgan fingerprint density at radius 3 is 2.58 bits per heavy atom. The van der Waals surface area contributed by atoms with Crippen molar-refractivity contribution in [2.75, 3.05) is 20.7 Å². The van der Waals surface area contributed by atoms with Gasteiger partial charge in [0, 0.05) is 26.1 Å². The van der Waals surface area contributed by atoms with Crippen LogP contribution in [0.4, 0.5) is 4.39 Å². The van der Waals surface area contributed by atoms with E-state index in [-0.39, 0.29) is 35.7 Å². The Morgan fingerprint density at radius 2 is 1.92 bits per heavy atom. The number of halogens is 2. The maximum Gasteiger partial charge on any atom is 0.191 e. The quantitative estimate of drug-likeness (QED) is 0.377. The number of hydrogen-bond donors (Lipinski definition) is 2. The highest BCUT2D eigenvalue weighted by atomic mass is 127. The molecule has 6 heteroatoms. The van der Waals surface area contributed by atoms with Gasteiger partial charge in [0.1, 0.15) is 11.6 Å². The fraction of sp³-hybridized carbons (Fsp3) is 0.350. The molecule has 0 aliphatic carbocycles. The van der Waals surface area contributed by atoms with Crippen molar-refractivity contribution in [3.8, 4) is 5.75 Å². The van der Waals surface area contributed by atoms with Gasteiger partial charge in [-0.25, -0.2) is 4.39 Å². The largest absolute Gasteiger partial charge is 0.496 e. The highest BCUT2D eigenvalue weighted by Crippen LogP contribution is 2.25. The van der Waals surface area contributed by atoms with E-state index in [1.54, 1.807) is 33.2 Å². The summed E-state index contributed by atoms with van der Waals surface area (Å²) >= 11 is 0. The summed E-state index contributed by atoms with van der Waals surface area (Å²) in [6.45, 7) is 5.11. The number of ether oxygens (including phenoxy) is 1. The van der Waals surface area contributed by atoms with Crippen molar-refractivity contribution in [2.24, 2.45) is 4.99 Å². The van der Waals surface area contributed by atoms with Crippen LogP contribution in [-0.2, 0) is 6.54 Å². The zero-order chi connectivity index (χ0) is 18.2. The van der Waals surface area contributed by atoms with Crippen molar-refractivity contribution < 1.29 is 9.13 Å². The first-order valence-electron chi connectivity index (χ1n) is 8.37. The first-order valence-corrected chi connectivity index (χ1v) is 8.37. The molecule has 0 saturated carbocycles. The monoisotopic (exact) mass is 471 g/mol. The molecule has 2 aromatic rings. The van der Waals surface area contributed by atoms with Crippen LogP contribution in [0.2, 0.25) is 0 Å². The van der Waals surface area contributed by atoms with Crippen LogP contribution in [0.3, 0.4) is 0 Å². The lowest BCUT2D eigenvalue weighted by Gasteiger charge is -2.18. The van der Waals surface area contributed by atoms with Crippen molar-refractivity contribution in [1.82, 2.24) is 10.6 Å². The average molecular weight is 471 g/mol. The van der Waals surface area contributed by atoms with Crippen LogP contribution >= 0.6 is 24.0 Å². The maximum atomic E-state index is 13.6. The summed E-state index contributed by atoms with van der Waals surface area (Å²) in [6.07, 6.45) is 0. The summed E-state index contributed by atoms with van der Waals surface area (Å²) < 4.78 is 19.0. The molecular weight excluding hydrogens is 444 g/mol. The Labute approximate surface area is 172 Å². The topological polar surface area (TPSA) is 45.7 Å². The van der Waals surface area contributed by atoms with Crippen LogP contribution in [0.15, 0.2) is 47.5 Å². The third-order valence-corrected chi connectivity index (χ3v) is 4.17. The molecule has 0 amide bonds. The standard InChI is InChI=1S/C20H26FN3O.HI/c1-14-9-10-16(11-18(14)21)13-24-20(22-3)23-12-15(2)17-7-5-6-8-19(17)25-4;/h5-11,15H,12-13H2,1-4H3,(H2,22,23,24);1H. The number of aryl methyl sites for hydroxylation is 1. The second-order valence-electron chi connectivity index (χ2n) is 6.03. The maximum absolute atomic E-state index is 13.6. The van der Waals surface area contributed by atoms with Crippen LogP contribution < -0.4 is 15.4 Å². The zero-order valence-electron chi connectivity index (χ0n) is 15.7. The Kier molecular flexibility index (Phi) is 9.40. The van der Waals surface area contributed by atoms with Crippen LogP contribution in [0.1, 0.15) is 29.5 Å². The molecule has 0 aromatic heterocycles. The fourth-order valence-electron chi connectivity index (χ4n) is 2.59. The summed E-state index contributed by atoms with van der Waals surface area (Å²) in [4.78, 5) is 4.22. The predicted molar refractivity (Wildman–Crippen MR) is 116 cm³/mol. The number of nitrogens with zero attached hydrogens (tertiary/aromatic N) is 1. The summed E-state index contributed by atoms with van der Waals surface area (Å²) in [5.74, 6) is 1.64. The zero-order valence-corrected chi connectivity index (χ0v) is 18.0. The minimum Gasteiger partial charge on any atom is -0.496 e. The number of nitrogens with one attached hydrogen (secondary N) is 2. The molecule has 0 aliphatic heterocycles. The lowest BCUT2D eigenvalue weighted by Crippen LogP contribution is -2.38. The normalized spacial score (nSPS) is 12.1. The van der Waals surface area contributed by atoms with Crippen LogP contribution in [0.5, 0.6) is 5.75 Å². The molecule has 2 aromatic carbocycles. The van der Waals surface area contributed by atoms with E-state index in [0.29, 0.717) is 24.6 Å². The van der Waals surface area contributed by atoms with Crippen molar-refractivity contribution in [2.45, 2.75) is 26.3 Å². The third-order valence-electron chi connectivity index (χ3n) is 4.17. The van der Waals surface area contributed by atoms with Gasteiger partial charge in [-0.05, 0) is 35.7 Å². The first kappa shape index (κ1) is 22.2. The summed E-state index contributed by atoms with van der Waals surface area (Å²) in [6, 6.07) is 13.2. The highest BCUT2D eigenvalue weighted by molar-refractivity contribution is 14.0. The van der Waals surface area contributed by atoms with Crippen molar-refractivity contribution >= 4 is 29.9 Å². The van der Waals surface area contributed by atoms with Crippen LogP contribution in [-0.4, -0.2) is 26.7 Å². The average Bonchev–Trinajstić information content (AvgIpc) is 2.64. The number of aliphatic imine (C=N–C) groups is 1. The molecule has 1 atom stereocenters. The molecule has 2 rings (SSSR count). The number of guanidine groups is 1. The number of benzene rings is 2. The fourth-order valence-corrected chi connectivity index (χ4v) is 2.59. The van der Waals surface area contributed by atoms with Crippen LogP contribution in [0, 0.1) is 12.7 Å². The second kappa shape index (κ2) is 11.0. The van der Waals surface area contributed by atoms with Crippen molar-refractivity contribution in [1.29, 1.82) is 0 Å². The number of hydrogen-bond acceptors (Lipinski definition) is 2. The minimum atomic E-state index is -0.188. The molecule has 0 spiro atoms. The number of para-hydroxylation sites is 1. The van der Waals surface area contributed by atoms with Gasteiger partial charge >= 0.3 is 0 Å². The minimum absolute atomic E-state index is 0. The Balaban J connectivity index is 0.00000338. The SMILES string of the molecule is CN=C(NCc1ccc(C)c(F)c1)NCC(C)c1ccccc1OC.I. The molecule has 26 heavy (non-hydrogen) atoms. The number of methoxy groups -OCH3 is 1. The molecule has 4 nitrogen and oxygen atoms in total. The lowest BCUT2D eigenvalue weighted by molar-refractivity contribution is 0.406. The van der Waals surface area contributed by atoms with E-state index in [4.69, 9.17) is 4.74 Å². The molecule has 0 aliphatic rings. The molecule has 0 radical (unpaired) electrons. The molecule has 0 fully saturated rings. The van der Waals surface area contributed by atoms with Crippen molar-refractivity contribution in [3.63, 3.8) is 0 Å².